The smallest absolute Gasteiger partial charge is 0.392 e. The maximum Gasteiger partial charge on any atom is 0.416 e. The first-order chi connectivity index (χ1) is 8.25. The van der Waals surface area contributed by atoms with Crippen LogP contribution < -0.4 is 0 Å². The molecule has 1 unspecified atom stereocenters. The van der Waals surface area contributed by atoms with Crippen molar-refractivity contribution in [1.29, 1.82) is 0 Å². The fourth-order valence-electron chi connectivity index (χ4n) is 1.38. The van der Waals surface area contributed by atoms with Crippen molar-refractivity contribution in [2.75, 3.05) is 0 Å². The number of hydrogen-bond acceptors (Lipinski definition) is 2. The standard InChI is InChI=1S/C13H17F3OS/c1-8(2)9(3)18-11-5-4-10(7-17)12(6-11)13(14,15)16/h4-6,8-9,17H,7H2,1-3H3. The normalized spacial score (nSPS) is 14.0. The van der Waals surface area contributed by atoms with Crippen molar-refractivity contribution >= 4 is 11.8 Å². The molecule has 0 amide bonds. The van der Waals surface area contributed by atoms with Crippen LogP contribution in [0, 0.1) is 5.92 Å². The first-order valence-electron chi connectivity index (χ1n) is 5.73. The second-order valence-electron chi connectivity index (χ2n) is 4.54. The summed E-state index contributed by atoms with van der Waals surface area (Å²) in [5, 5.41) is 9.18. The Morgan fingerprint density at radius 2 is 1.83 bits per heavy atom. The predicted molar refractivity (Wildman–Crippen MR) is 67.5 cm³/mol. The number of thioether (sulfide) groups is 1. The Hall–Kier alpha value is -0.680. The maximum atomic E-state index is 12.8. The third-order valence-electron chi connectivity index (χ3n) is 2.82. The molecule has 0 spiro atoms. The van der Waals surface area contributed by atoms with Crippen molar-refractivity contribution in [1.82, 2.24) is 0 Å². The van der Waals surface area contributed by atoms with Gasteiger partial charge in [-0.2, -0.15) is 13.2 Å². The highest BCUT2D eigenvalue weighted by Crippen LogP contribution is 2.36. The lowest BCUT2D eigenvalue weighted by Crippen LogP contribution is -2.10. The van der Waals surface area contributed by atoms with Gasteiger partial charge in [-0.1, -0.05) is 26.8 Å². The molecule has 0 heterocycles. The third kappa shape index (κ3) is 3.92. The molecule has 0 aliphatic rings. The summed E-state index contributed by atoms with van der Waals surface area (Å²) in [4.78, 5) is 0.584. The molecule has 0 aliphatic carbocycles. The predicted octanol–water partition coefficient (Wildman–Crippen LogP) is 4.33. The van der Waals surface area contributed by atoms with E-state index in [0.29, 0.717) is 10.8 Å². The molecule has 5 heteroatoms. The molecular weight excluding hydrogens is 261 g/mol. The van der Waals surface area contributed by atoms with Crippen LogP contribution in [0.1, 0.15) is 31.9 Å². The molecule has 1 atom stereocenters. The lowest BCUT2D eigenvalue weighted by molar-refractivity contribution is -0.138. The highest BCUT2D eigenvalue weighted by molar-refractivity contribution is 8.00. The quantitative estimate of drug-likeness (QED) is 0.827. The van der Waals surface area contributed by atoms with E-state index in [1.165, 1.54) is 17.8 Å². The number of benzene rings is 1. The van der Waals surface area contributed by atoms with E-state index in [0.717, 1.165) is 6.07 Å². The van der Waals surface area contributed by atoms with Gasteiger partial charge in [0.25, 0.3) is 0 Å². The molecule has 0 aliphatic heterocycles. The molecule has 18 heavy (non-hydrogen) atoms. The largest absolute Gasteiger partial charge is 0.416 e. The first kappa shape index (κ1) is 15.4. The first-order valence-corrected chi connectivity index (χ1v) is 6.61. The van der Waals surface area contributed by atoms with Gasteiger partial charge in [0, 0.05) is 10.1 Å². The molecule has 1 rings (SSSR count). The Labute approximate surface area is 109 Å². The summed E-state index contributed by atoms with van der Waals surface area (Å²) in [5.41, 5.74) is -0.824. The third-order valence-corrected chi connectivity index (χ3v) is 4.26. The minimum absolute atomic E-state index is 0.0796. The van der Waals surface area contributed by atoms with E-state index < -0.39 is 18.3 Å². The van der Waals surface area contributed by atoms with Crippen molar-refractivity contribution in [3.05, 3.63) is 29.3 Å². The van der Waals surface area contributed by atoms with Gasteiger partial charge in [-0.15, -0.1) is 11.8 Å². The van der Waals surface area contributed by atoms with E-state index in [-0.39, 0.29) is 10.8 Å². The van der Waals surface area contributed by atoms with Crippen LogP contribution >= 0.6 is 11.8 Å². The summed E-state index contributed by atoms with van der Waals surface area (Å²) in [7, 11) is 0. The average Bonchev–Trinajstić information content (AvgIpc) is 2.27. The van der Waals surface area contributed by atoms with E-state index in [9.17, 15) is 13.2 Å². The van der Waals surface area contributed by atoms with Gasteiger partial charge in [0.1, 0.15) is 0 Å². The van der Waals surface area contributed by atoms with E-state index >= 15 is 0 Å². The minimum Gasteiger partial charge on any atom is -0.392 e. The molecule has 0 fully saturated rings. The number of aliphatic hydroxyl groups excluding tert-OH is 1. The minimum atomic E-state index is -4.42. The molecule has 0 saturated heterocycles. The van der Waals surface area contributed by atoms with Gasteiger partial charge in [-0.25, -0.2) is 0 Å². The van der Waals surface area contributed by atoms with Gasteiger partial charge in [0.15, 0.2) is 0 Å². The maximum absolute atomic E-state index is 12.8. The van der Waals surface area contributed by atoms with Crippen LogP contribution in [-0.2, 0) is 12.8 Å². The number of hydrogen-bond donors (Lipinski definition) is 1. The Morgan fingerprint density at radius 1 is 1.22 bits per heavy atom. The number of alkyl halides is 3. The summed E-state index contributed by atoms with van der Waals surface area (Å²) in [5.74, 6) is 0.391. The molecule has 1 aromatic carbocycles. The molecular formula is C13H17F3OS. The van der Waals surface area contributed by atoms with Crippen molar-refractivity contribution < 1.29 is 18.3 Å². The summed E-state index contributed by atoms with van der Waals surface area (Å²) in [6, 6.07) is 4.09. The van der Waals surface area contributed by atoms with E-state index in [4.69, 9.17) is 5.11 Å². The molecule has 102 valence electrons. The van der Waals surface area contributed by atoms with Gasteiger partial charge in [0.05, 0.1) is 12.2 Å². The summed E-state index contributed by atoms with van der Waals surface area (Å²) in [6.45, 7) is 5.46. The van der Waals surface area contributed by atoms with E-state index in [1.807, 2.05) is 20.8 Å². The van der Waals surface area contributed by atoms with Crippen LogP contribution in [0.25, 0.3) is 0 Å². The molecule has 0 saturated carbocycles. The highest BCUT2D eigenvalue weighted by atomic mass is 32.2. The van der Waals surface area contributed by atoms with Crippen LogP contribution in [0.5, 0.6) is 0 Å². The zero-order valence-electron chi connectivity index (χ0n) is 10.6. The Morgan fingerprint density at radius 3 is 2.28 bits per heavy atom. The average molecular weight is 278 g/mol. The van der Waals surface area contributed by atoms with Crippen LogP contribution in [-0.4, -0.2) is 10.4 Å². The molecule has 1 nitrogen and oxygen atoms in total. The summed E-state index contributed by atoms with van der Waals surface area (Å²) < 4.78 is 38.4. The Bertz CT molecular complexity index is 402. The van der Waals surface area contributed by atoms with Crippen molar-refractivity contribution in [3.63, 3.8) is 0 Å². The zero-order valence-corrected chi connectivity index (χ0v) is 11.4. The Balaban J connectivity index is 3.04. The van der Waals surface area contributed by atoms with Crippen LogP contribution in [0.3, 0.4) is 0 Å². The number of rotatable bonds is 4. The van der Waals surface area contributed by atoms with E-state index in [1.54, 1.807) is 6.07 Å². The van der Waals surface area contributed by atoms with Crippen molar-refractivity contribution in [2.45, 2.75) is 43.7 Å². The van der Waals surface area contributed by atoms with E-state index in [2.05, 4.69) is 0 Å². The number of aliphatic hydroxyl groups is 1. The molecule has 1 aromatic rings. The highest BCUT2D eigenvalue weighted by Gasteiger charge is 2.33. The summed E-state index contributed by atoms with van der Waals surface area (Å²) in [6.07, 6.45) is -4.42. The lowest BCUT2D eigenvalue weighted by atomic mass is 10.1. The molecule has 0 radical (unpaired) electrons. The molecule has 0 bridgehead atoms. The van der Waals surface area contributed by atoms with Gasteiger partial charge >= 0.3 is 6.18 Å². The van der Waals surface area contributed by atoms with Gasteiger partial charge in [0.2, 0.25) is 0 Å². The fourth-order valence-corrected chi connectivity index (χ4v) is 2.42. The molecule has 0 aromatic heterocycles. The van der Waals surface area contributed by atoms with Gasteiger partial charge in [-0.3, -0.25) is 0 Å². The van der Waals surface area contributed by atoms with Gasteiger partial charge in [-0.05, 0) is 23.6 Å². The second-order valence-corrected chi connectivity index (χ2v) is 5.99. The SMILES string of the molecule is CC(C)C(C)Sc1ccc(CO)c(C(F)(F)F)c1. The van der Waals surface area contributed by atoms with Crippen LogP contribution in [0.15, 0.2) is 23.1 Å². The molecule has 1 N–H and O–H groups in total. The van der Waals surface area contributed by atoms with Crippen molar-refractivity contribution in [2.24, 2.45) is 5.92 Å². The summed E-state index contributed by atoms with van der Waals surface area (Å²) >= 11 is 1.42. The Kier molecular flexibility index (Phi) is 5.10. The topological polar surface area (TPSA) is 20.2 Å². The van der Waals surface area contributed by atoms with Gasteiger partial charge < -0.3 is 5.11 Å². The van der Waals surface area contributed by atoms with Crippen LogP contribution in [0.2, 0.25) is 0 Å². The number of halogens is 3. The lowest BCUT2D eigenvalue weighted by Gasteiger charge is -2.17. The monoisotopic (exact) mass is 278 g/mol. The second kappa shape index (κ2) is 5.97. The van der Waals surface area contributed by atoms with Crippen molar-refractivity contribution in [3.8, 4) is 0 Å². The van der Waals surface area contributed by atoms with Crippen LogP contribution in [0.4, 0.5) is 13.2 Å². The fraction of sp³-hybridized carbons (Fsp3) is 0.538. The zero-order chi connectivity index (χ0) is 13.9.